The average Bonchev–Trinajstić information content (AvgIpc) is 2.82. The standard InChI is InChI=1S/C28H21NO/c30-28-25-19-11-10-18-24(25)26(22-14-6-2-7-15-22)27(23-16-8-3-9-17-23)29(28)20-21-12-4-1-5-13-21/h1-19H,20H2. The number of rotatable bonds is 4. The summed E-state index contributed by atoms with van der Waals surface area (Å²) >= 11 is 0. The smallest absolute Gasteiger partial charge is 0.259 e. The maximum atomic E-state index is 13.7. The van der Waals surface area contributed by atoms with Crippen LogP contribution in [0.4, 0.5) is 0 Å². The third-order valence-corrected chi connectivity index (χ3v) is 5.47. The zero-order valence-corrected chi connectivity index (χ0v) is 16.5. The van der Waals surface area contributed by atoms with Gasteiger partial charge < -0.3 is 4.57 Å². The lowest BCUT2D eigenvalue weighted by molar-refractivity contribution is 0.778. The van der Waals surface area contributed by atoms with E-state index in [1.54, 1.807) is 0 Å². The van der Waals surface area contributed by atoms with Crippen LogP contribution < -0.4 is 5.56 Å². The van der Waals surface area contributed by atoms with Gasteiger partial charge in [-0.3, -0.25) is 4.79 Å². The number of hydrogen-bond donors (Lipinski definition) is 0. The lowest BCUT2D eigenvalue weighted by Crippen LogP contribution is -2.23. The second-order valence-corrected chi connectivity index (χ2v) is 7.38. The topological polar surface area (TPSA) is 22.0 Å². The summed E-state index contributed by atoms with van der Waals surface area (Å²) in [5.41, 5.74) is 5.32. The van der Waals surface area contributed by atoms with Crippen molar-refractivity contribution < 1.29 is 0 Å². The van der Waals surface area contributed by atoms with E-state index in [4.69, 9.17) is 0 Å². The highest BCUT2D eigenvalue weighted by molar-refractivity contribution is 6.02. The van der Waals surface area contributed by atoms with Crippen molar-refractivity contribution in [2.75, 3.05) is 0 Å². The molecule has 0 saturated carbocycles. The van der Waals surface area contributed by atoms with Crippen molar-refractivity contribution in [2.24, 2.45) is 0 Å². The first-order valence-corrected chi connectivity index (χ1v) is 10.1. The van der Waals surface area contributed by atoms with E-state index in [1.807, 2.05) is 77.4 Å². The zero-order chi connectivity index (χ0) is 20.3. The Balaban J connectivity index is 1.93. The SMILES string of the molecule is O=c1c2ccccc2c(-c2ccccc2)c(-c2ccccc2)n1Cc1ccccc1. The Kier molecular flexibility index (Phi) is 4.74. The van der Waals surface area contributed by atoms with Gasteiger partial charge in [-0.05, 0) is 28.1 Å². The molecule has 30 heavy (non-hydrogen) atoms. The monoisotopic (exact) mass is 387 g/mol. The fraction of sp³-hybridized carbons (Fsp3) is 0.0357. The molecule has 0 amide bonds. The van der Waals surface area contributed by atoms with Crippen LogP contribution in [-0.2, 0) is 6.54 Å². The number of aromatic nitrogens is 1. The number of pyridine rings is 1. The van der Waals surface area contributed by atoms with Gasteiger partial charge in [-0.25, -0.2) is 0 Å². The zero-order valence-electron chi connectivity index (χ0n) is 16.5. The summed E-state index contributed by atoms with van der Waals surface area (Å²) < 4.78 is 1.93. The molecule has 0 aliphatic rings. The molecule has 0 unspecified atom stereocenters. The van der Waals surface area contributed by atoms with Crippen LogP contribution in [0.3, 0.4) is 0 Å². The van der Waals surface area contributed by atoms with Gasteiger partial charge >= 0.3 is 0 Å². The van der Waals surface area contributed by atoms with Gasteiger partial charge in [-0.1, -0.05) is 109 Å². The van der Waals surface area contributed by atoms with E-state index in [0.717, 1.165) is 38.7 Å². The third kappa shape index (κ3) is 3.23. The van der Waals surface area contributed by atoms with Gasteiger partial charge in [0.25, 0.3) is 5.56 Å². The van der Waals surface area contributed by atoms with Gasteiger partial charge in [0.05, 0.1) is 12.2 Å². The van der Waals surface area contributed by atoms with Crippen LogP contribution in [0, 0.1) is 0 Å². The molecular formula is C28H21NO. The highest BCUT2D eigenvalue weighted by atomic mass is 16.1. The molecule has 5 rings (SSSR count). The van der Waals surface area contributed by atoms with Gasteiger partial charge in [-0.15, -0.1) is 0 Å². The van der Waals surface area contributed by atoms with E-state index < -0.39 is 0 Å². The molecule has 1 aromatic heterocycles. The Hall–Kier alpha value is -3.91. The van der Waals surface area contributed by atoms with Crippen LogP contribution >= 0.6 is 0 Å². The predicted octanol–water partition coefficient (Wildman–Crippen LogP) is 6.38. The molecule has 1 heterocycles. The fourth-order valence-corrected chi connectivity index (χ4v) is 4.11. The molecule has 0 saturated heterocycles. The molecule has 0 atom stereocenters. The number of fused-ring (bicyclic) bond motifs is 1. The molecule has 0 fully saturated rings. The number of benzene rings is 4. The molecular weight excluding hydrogens is 366 g/mol. The summed E-state index contributed by atoms with van der Waals surface area (Å²) in [5.74, 6) is 0. The fourth-order valence-electron chi connectivity index (χ4n) is 4.11. The number of hydrogen-bond acceptors (Lipinski definition) is 1. The summed E-state index contributed by atoms with van der Waals surface area (Å²) in [7, 11) is 0. The minimum absolute atomic E-state index is 0.0352. The van der Waals surface area contributed by atoms with E-state index in [9.17, 15) is 4.79 Å². The molecule has 4 aromatic carbocycles. The Bertz CT molecular complexity index is 1350. The van der Waals surface area contributed by atoms with E-state index in [-0.39, 0.29) is 5.56 Å². The normalized spacial score (nSPS) is 10.9. The summed E-state index contributed by atoms with van der Waals surface area (Å²) in [6.07, 6.45) is 0. The molecule has 2 nitrogen and oxygen atoms in total. The lowest BCUT2D eigenvalue weighted by Gasteiger charge is -2.20. The minimum Gasteiger partial charge on any atom is -0.303 e. The van der Waals surface area contributed by atoms with Crippen LogP contribution in [-0.4, -0.2) is 4.57 Å². The Labute approximate surface area is 175 Å². The van der Waals surface area contributed by atoms with Crippen molar-refractivity contribution in [2.45, 2.75) is 6.54 Å². The Morgan fingerprint density at radius 2 is 1.03 bits per heavy atom. The van der Waals surface area contributed by atoms with Crippen molar-refractivity contribution in [1.29, 1.82) is 0 Å². The largest absolute Gasteiger partial charge is 0.303 e. The highest BCUT2D eigenvalue weighted by Gasteiger charge is 2.19. The molecule has 0 bridgehead atoms. The van der Waals surface area contributed by atoms with Crippen LogP contribution in [0.5, 0.6) is 0 Å². The van der Waals surface area contributed by atoms with Crippen LogP contribution in [0.25, 0.3) is 33.2 Å². The van der Waals surface area contributed by atoms with Crippen LogP contribution in [0.1, 0.15) is 5.56 Å². The molecule has 5 aromatic rings. The highest BCUT2D eigenvalue weighted by Crippen LogP contribution is 2.36. The first kappa shape index (κ1) is 18.1. The third-order valence-electron chi connectivity index (χ3n) is 5.47. The summed E-state index contributed by atoms with van der Waals surface area (Å²) in [6, 6.07) is 38.7. The van der Waals surface area contributed by atoms with E-state index in [2.05, 4.69) is 42.5 Å². The predicted molar refractivity (Wildman–Crippen MR) is 125 cm³/mol. The van der Waals surface area contributed by atoms with Gasteiger partial charge in [0.1, 0.15) is 0 Å². The van der Waals surface area contributed by atoms with Crippen molar-refractivity contribution in [3.8, 4) is 22.4 Å². The minimum atomic E-state index is 0.0352. The molecule has 0 aliphatic carbocycles. The molecule has 144 valence electrons. The van der Waals surface area contributed by atoms with Crippen molar-refractivity contribution in [1.82, 2.24) is 4.57 Å². The number of nitrogens with zero attached hydrogens (tertiary/aromatic N) is 1. The van der Waals surface area contributed by atoms with E-state index in [0.29, 0.717) is 6.54 Å². The van der Waals surface area contributed by atoms with Gasteiger partial charge in [-0.2, -0.15) is 0 Å². The van der Waals surface area contributed by atoms with Crippen molar-refractivity contribution in [3.63, 3.8) is 0 Å². The van der Waals surface area contributed by atoms with Gasteiger partial charge in [0.15, 0.2) is 0 Å². The quantitative estimate of drug-likeness (QED) is 0.350. The summed E-state index contributed by atoms with van der Waals surface area (Å²) in [5, 5.41) is 1.73. The first-order chi connectivity index (χ1) is 14.8. The average molecular weight is 387 g/mol. The van der Waals surface area contributed by atoms with Gasteiger partial charge in [0, 0.05) is 10.9 Å². The maximum absolute atomic E-state index is 13.7. The Morgan fingerprint density at radius 3 is 1.67 bits per heavy atom. The second kappa shape index (κ2) is 7.84. The van der Waals surface area contributed by atoms with Crippen LogP contribution in [0.2, 0.25) is 0 Å². The maximum Gasteiger partial charge on any atom is 0.259 e. The van der Waals surface area contributed by atoms with Crippen molar-refractivity contribution in [3.05, 3.63) is 131 Å². The first-order valence-electron chi connectivity index (χ1n) is 10.1. The van der Waals surface area contributed by atoms with E-state index >= 15 is 0 Å². The van der Waals surface area contributed by atoms with Crippen LogP contribution in [0.15, 0.2) is 120 Å². The second-order valence-electron chi connectivity index (χ2n) is 7.38. The van der Waals surface area contributed by atoms with Gasteiger partial charge in [0.2, 0.25) is 0 Å². The molecule has 0 spiro atoms. The molecule has 2 heteroatoms. The summed E-state index contributed by atoms with van der Waals surface area (Å²) in [4.78, 5) is 13.7. The summed E-state index contributed by atoms with van der Waals surface area (Å²) in [6.45, 7) is 0.522. The molecule has 0 radical (unpaired) electrons. The van der Waals surface area contributed by atoms with Crippen molar-refractivity contribution >= 4 is 10.8 Å². The molecule has 0 aliphatic heterocycles. The lowest BCUT2D eigenvalue weighted by atomic mass is 9.93. The Morgan fingerprint density at radius 1 is 0.533 bits per heavy atom. The molecule has 0 N–H and O–H groups in total. The van der Waals surface area contributed by atoms with E-state index in [1.165, 1.54) is 0 Å².